The summed E-state index contributed by atoms with van der Waals surface area (Å²) >= 11 is 11.9. The van der Waals surface area contributed by atoms with Gasteiger partial charge < -0.3 is 5.32 Å². The summed E-state index contributed by atoms with van der Waals surface area (Å²) in [6.45, 7) is 0. The molecule has 0 atom stereocenters. The van der Waals surface area contributed by atoms with Gasteiger partial charge in [0, 0.05) is 21.8 Å². The quantitative estimate of drug-likeness (QED) is 0.599. The van der Waals surface area contributed by atoms with Crippen molar-refractivity contribution >= 4 is 51.6 Å². The zero-order valence-corrected chi connectivity index (χ0v) is 13.6. The molecule has 0 aliphatic carbocycles. The molecule has 0 spiro atoms. The third-order valence-electron chi connectivity index (χ3n) is 3.39. The van der Waals surface area contributed by atoms with Gasteiger partial charge >= 0.3 is 0 Å². The van der Waals surface area contributed by atoms with Gasteiger partial charge in [0.05, 0.1) is 0 Å². The molecule has 0 bridgehead atoms. The highest BCUT2D eigenvalue weighted by Crippen LogP contribution is 2.22. The maximum atomic E-state index is 12.0. The van der Waals surface area contributed by atoms with Crippen molar-refractivity contribution < 1.29 is 4.79 Å². The van der Waals surface area contributed by atoms with E-state index in [1.165, 1.54) is 6.08 Å². The molecule has 3 aromatic rings. The number of hydrogen-bond donors (Lipinski definition) is 1. The zero-order chi connectivity index (χ0) is 16.2. The van der Waals surface area contributed by atoms with Crippen molar-refractivity contribution in [3.8, 4) is 0 Å². The number of hydrogen-bond acceptors (Lipinski definition) is 1. The van der Waals surface area contributed by atoms with Crippen molar-refractivity contribution in [2.24, 2.45) is 0 Å². The molecule has 0 aliphatic rings. The van der Waals surface area contributed by atoms with Gasteiger partial charge in [0.1, 0.15) is 0 Å². The Morgan fingerprint density at radius 2 is 1.70 bits per heavy atom. The molecule has 3 aromatic carbocycles. The summed E-state index contributed by atoms with van der Waals surface area (Å²) in [6.07, 6.45) is 3.11. The van der Waals surface area contributed by atoms with Gasteiger partial charge in [0.2, 0.25) is 5.91 Å². The number of nitrogens with one attached hydrogen (secondary N) is 1. The number of fused-ring (bicyclic) bond motifs is 1. The van der Waals surface area contributed by atoms with Gasteiger partial charge in [-0.05, 0) is 46.7 Å². The van der Waals surface area contributed by atoms with Gasteiger partial charge in [0.15, 0.2) is 0 Å². The highest BCUT2D eigenvalue weighted by molar-refractivity contribution is 6.35. The maximum Gasteiger partial charge on any atom is 0.248 e. The Labute approximate surface area is 144 Å². The summed E-state index contributed by atoms with van der Waals surface area (Å²) < 4.78 is 0. The minimum Gasteiger partial charge on any atom is -0.322 e. The summed E-state index contributed by atoms with van der Waals surface area (Å²) in [7, 11) is 0. The van der Waals surface area contributed by atoms with Crippen LogP contribution in [0.5, 0.6) is 0 Å². The van der Waals surface area contributed by atoms with Crippen LogP contribution in [0.3, 0.4) is 0 Å². The highest BCUT2D eigenvalue weighted by atomic mass is 35.5. The summed E-state index contributed by atoms with van der Waals surface area (Å²) in [6, 6.07) is 18.9. The lowest BCUT2D eigenvalue weighted by Crippen LogP contribution is -2.07. The molecule has 1 N–H and O–H groups in total. The van der Waals surface area contributed by atoms with Crippen molar-refractivity contribution in [3.05, 3.63) is 82.3 Å². The molecule has 0 unspecified atom stereocenters. The van der Waals surface area contributed by atoms with Crippen LogP contribution in [-0.4, -0.2) is 5.91 Å². The van der Waals surface area contributed by atoms with E-state index < -0.39 is 0 Å². The van der Waals surface area contributed by atoms with Crippen LogP contribution in [0.4, 0.5) is 5.69 Å². The van der Waals surface area contributed by atoms with Gasteiger partial charge in [-0.3, -0.25) is 4.79 Å². The largest absolute Gasteiger partial charge is 0.322 e. The van der Waals surface area contributed by atoms with E-state index in [0.29, 0.717) is 10.0 Å². The Morgan fingerprint density at radius 1 is 0.913 bits per heavy atom. The molecule has 2 nitrogen and oxygen atoms in total. The van der Waals surface area contributed by atoms with E-state index in [4.69, 9.17) is 23.2 Å². The van der Waals surface area contributed by atoms with Crippen LogP contribution in [0.25, 0.3) is 16.8 Å². The van der Waals surface area contributed by atoms with E-state index in [0.717, 1.165) is 22.0 Å². The van der Waals surface area contributed by atoms with Crippen LogP contribution in [0.2, 0.25) is 10.0 Å². The Bertz CT molecular complexity index is 903. The number of halogens is 2. The number of amides is 1. The van der Waals surface area contributed by atoms with Crippen molar-refractivity contribution in [2.75, 3.05) is 5.32 Å². The van der Waals surface area contributed by atoms with Crippen molar-refractivity contribution in [3.63, 3.8) is 0 Å². The van der Waals surface area contributed by atoms with Gasteiger partial charge in [-0.15, -0.1) is 0 Å². The predicted octanol–water partition coefficient (Wildman–Crippen LogP) is 5.80. The average Bonchev–Trinajstić information content (AvgIpc) is 2.54. The Balaban J connectivity index is 1.74. The van der Waals surface area contributed by atoms with Gasteiger partial charge in [-0.1, -0.05) is 59.6 Å². The second kappa shape index (κ2) is 6.86. The molecule has 23 heavy (non-hydrogen) atoms. The SMILES string of the molecule is O=C(/C=C/c1ccc(Cl)cc1Cl)Nc1ccc2ccccc2c1. The van der Waals surface area contributed by atoms with Gasteiger partial charge in [-0.2, -0.15) is 0 Å². The van der Waals surface area contributed by atoms with E-state index in [1.807, 2.05) is 42.5 Å². The highest BCUT2D eigenvalue weighted by Gasteiger charge is 2.01. The van der Waals surface area contributed by atoms with Crippen LogP contribution in [-0.2, 0) is 4.79 Å². The second-order valence-corrected chi connectivity index (χ2v) is 5.89. The number of benzene rings is 3. The number of carbonyl (C=O) groups is 1. The zero-order valence-electron chi connectivity index (χ0n) is 12.1. The monoisotopic (exact) mass is 341 g/mol. The lowest BCUT2D eigenvalue weighted by molar-refractivity contribution is -0.111. The smallest absolute Gasteiger partial charge is 0.248 e. The van der Waals surface area contributed by atoms with Crippen LogP contribution >= 0.6 is 23.2 Å². The van der Waals surface area contributed by atoms with E-state index >= 15 is 0 Å². The minimum absolute atomic E-state index is 0.216. The first-order chi connectivity index (χ1) is 11.1. The summed E-state index contributed by atoms with van der Waals surface area (Å²) in [4.78, 5) is 12.0. The first-order valence-corrected chi connectivity index (χ1v) is 7.80. The molecule has 0 aliphatic heterocycles. The summed E-state index contributed by atoms with van der Waals surface area (Å²) in [5.74, 6) is -0.216. The van der Waals surface area contributed by atoms with Gasteiger partial charge in [-0.25, -0.2) is 0 Å². The molecular formula is C19H13Cl2NO. The number of rotatable bonds is 3. The molecule has 0 aromatic heterocycles. The molecular weight excluding hydrogens is 329 g/mol. The van der Waals surface area contributed by atoms with Crippen molar-refractivity contribution in [1.82, 2.24) is 0 Å². The maximum absolute atomic E-state index is 12.0. The predicted molar refractivity (Wildman–Crippen MR) is 98.1 cm³/mol. The van der Waals surface area contributed by atoms with Crippen LogP contribution < -0.4 is 5.32 Å². The van der Waals surface area contributed by atoms with E-state index in [9.17, 15) is 4.79 Å². The van der Waals surface area contributed by atoms with Crippen molar-refractivity contribution in [1.29, 1.82) is 0 Å². The fraction of sp³-hybridized carbons (Fsp3) is 0. The Morgan fingerprint density at radius 3 is 2.48 bits per heavy atom. The molecule has 0 heterocycles. The third kappa shape index (κ3) is 3.92. The second-order valence-electron chi connectivity index (χ2n) is 5.05. The number of anilines is 1. The van der Waals surface area contributed by atoms with E-state index in [2.05, 4.69) is 5.32 Å². The van der Waals surface area contributed by atoms with Gasteiger partial charge in [0.25, 0.3) is 0 Å². The van der Waals surface area contributed by atoms with Crippen LogP contribution in [0, 0.1) is 0 Å². The molecule has 1 amide bonds. The topological polar surface area (TPSA) is 29.1 Å². The first kappa shape index (κ1) is 15.6. The third-order valence-corrected chi connectivity index (χ3v) is 3.96. The normalized spacial score (nSPS) is 11.0. The van der Waals surface area contributed by atoms with Crippen molar-refractivity contribution in [2.45, 2.75) is 0 Å². The lowest BCUT2D eigenvalue weighted by atomic mass is 10.1. The summed E-state index contributed by atoms with van der Waals surface area (Å²) in [5, 5.41) is 6.12. The molecule has 114 valence electrons. The fourth-order valence-electron chi connectivity index (χ4n) is 2.25. The first-order valence-electron chi connectivity index (χ1n) is 7.05. The molecule has 4 heteroatoms. The molecule has 0 saturated heterocycles. The lowest BCUT2D eigenvalue weighted by Gasteiger charge is -2.04. The Hall–Kier alpha value is -2.29. The molecule has 0 radical (unpaired) electrons. The molecule has 3 rings (SSSR count). The Kier molecular flexibility index (Phi) is 4.65. The average molecular weight is 342 g/mol. The van der Waals surface area contributed by atoms with E-state index in [-0.39, 0.29) is 5.91 Å². The molecule has 0 fully saturated rings. The summed E-state index contributed by atoms with van der Waals surface area (Å²) in [5.41, 5.74) is 1.49. The molecule has 0 saturated carbocycles. The minimum atomic E-state index is -0.216. The number of carbonyl (C=O) groups excluding carboxylic acids is 1. The van der Waals surface area contributed by atoms with E-state index in [1.54, 1.807) is 24.3 Å². The standard InChI is InChI=1S/C19H13Cl2NO/c20-16-8-5-14(18(21)12-16)7-10-19(23)22-17-9-6-13-3-1-2-4-15(13)11-17/h1-12H,(H,22,23)/b10-7+. The van der Waals surface area contributed by atoms with Crippen LogP contribution in [0.1, 0.15) is 5.56 Å². The fourth-order valence-corrected chi connectivity index (χ4v) is 2.72. The van der Waals surface area contributed by atoms with Crippen LogP contribution in [0.15, 0.2) is 66.7 Å².